The molecule has 1 aliphatic rings. The number of hydrogen-bond acceptors (Lipinski definition) is 5. The molecule has 0 amide bonds. The monoisotopic (exact) mass is 311 g/mol. The molecule has 1 aliphatic carbocycles. The molecule has 2 aromatic rings. The van der Waals surface area contributed by atoms with Crippen LogP contribution in [0.1, 0.15) is 43.0 Å². The zero-order valence-corrected chi connectivity index (χ0v) is 12.8. The quantitative estimate of drug-likeness (QED) is 0.536. The van der Waals surface area contributed by atoms with E-state index in [2.05, 4.69) is 0 Å². The van der Waals surface area contributed by atoms with Gasteiger partial charge in [0.05, 0.1) is 12.0 Å². The van der Waals surface area contributed by atoms with E-state index in [4.69, 9.17) is 4.74 Å². The molecule has 0 spiro atoms. The molecule has 3 rings (SSSR count). The Labute approximate surface area is 131 Å². The molecule has 0 radical (unpaired) electrons. The van der Waals surface area contributed by atoms with Gasteiger partial charge in [0.15, 0.2) is 5.78 Å². The van der Waals surface area contributed by atoms with Gasteiger partial charge in [0.2, 0.25) is 5.78 Å². The topological polar surface area (TPSA) is 86.5 Å². The Kier molecular flexibility index (Phi) is 3.25. The second-order valence-electron chi connectivity index (χ2n) is 5.37. The Morgan fingerprint density at radius 1 is 1.00 bits per heavy atom. The maximum atomic E-state index is 12.8. The average Bonchev–Trinajstić information content (AvgIpc) is 2.54. The molecule has 0 heterocycles. The Bertz CT molecular complexity index is 898. The number of fused-ring (bicyclic) bond motifs is 2. The lowest BCUT2D eigenvalue weighted by Crippen LogP contribution is -2.24. The molecular formula is C17H13NO5. The maximum absolute atomic E-state index is 12.8. The first-order valence-corrected chi connectivity index (χ1v) is 6.93. The number of nitro groups is 1. The third-order valence-corrected chi connectivity index (χ3v) is 4.25. The van der Waals surface area contributed by atoms with Crippen LogP contribution in [-0.4, -0.2) is 23.6 Å². The summed E-state index contributed by atoms with van der Waals surface area (Å²) >= 11 is 0. The summed E-state index contributed by atoms with van der Waals surface area (Å²) in [4.78, 5) is 36.1. The Morgan fingerprint density at radius 2 is 1.65 bits per heavy atom. The predicted octanol–water partition coefficient (Wildman–Crippen LogP) is 3.00. The summed E-state index contributed by atoms with van der Waals surface area (Å²) in [6, 6.07) is 5.58. The average molecular weight is 311 g/mol. The fourth-order valence-corrected chi connectivity index (χ4v) is 2.96. The normalized spacial score (nSPS) is 12.7. The van der Waals surface area contributed by atoms with E-state index in [1.54, 1.807) is 13.8 Å². The summed E-state index contributed by atoms with van der Waals surface area (Å²) in [6.07, 6.45) is 0. The van der Waals surface area contributed by atoms with Crippen molar-refractivity contribution < 1.29 is 19.2 Å². The fourth-order valence-electron chi connectivity index (χ4n) is 2.96. The molecule has 0 fully saturated rings. The van der Waals surface area contributed by atoms with Gasteiger partial charge in [0.25, 0.3) is 5.69 Å². The van der Waals surface area contributed by atoms with Gasteiger partial charge in [-0.15, -0.1) is 0 Å². The lowest BCUT2D eigenvalue weighted by atomic mass is 9.80. The summed E-state index contributed by atoms with van der Waals surface area (Å²) in [5.41, 5.74) is 1.42. The van der Waals surface area contributed by atoms with E-state index < -0.39 is 10.7 Å². The maximum Gasteiger partial charge on any atom is 0.281 e. The summed E-state index contributed by atoms with van der Waals surface area (Å²) < 4.78 is 5.24. The summed E-state index contributed by atoms with van der Waals surface area (Å²) in [5.74, 6) is -0.422. The van der Waals surface area contributed by atoms with Gasteiger partial charge in [-0.25, -0.2) is 0 Å². The van der Waals surface area contributed by atoms with Crippen molar-refractivity contribution in [2.24, 2.45) is 0 Å². The molecule has 6 heteroatoms. The fraction of sp³-hybridized carbons (Fsp3) is 0.176. The first kappa shape index (κ1) is 14.9. The predicted molar refractivity (Wildman–Crippen MR) is 82.4 cm³/mol. The van der Waals surface area contributed by atoms with Gasteiger partial charge in [0.1, 0.15) is 11.3 Å². The van der Waals surface area contributed by atoms with Crippen LogP contribution in [0.5, 0.6) is 5.75 Å². The zero-order valence-electron chi connectivity index (χ0n) is 12.8. The Hall–Kier alpha value is -3.02. The van der Waals surface area contributed by atoms with Gasteiger partial charge in [0, 0.05) is 22.8 Å². The van der Waals surface area contributed by atoms with Crippen molar-refractivity contribution >= 4 is 17.3 Å². The minimum absolute atomic E-state index is 0.0735. The highest BCUT2D eigenvalue weighted by atomic mass is 16.6. The van der Waals surface area contributed by atoms with Gasteiger partial charge < -0.3 is 4.74 Å². The molecular weight excluding hydrogens is 298 g/mol. The molecule has 0 aromatic heterocycles. The number of nitrogens with zero attached hydrogens (tertiary/aromatic N) is 1. The second-order valence-corrected chi connectivity index (χ2v) is 5.37. The van der Waals surface area contributed by atoms with Crippen molar-refractivity contribution in [2.75, 3.05) is 7.11 Å². The number of benzene rings is 2. The molecule has 0 saturated carbocycles. The first-order chi connectivity index (χ1) is 10.9. The number of ether oxygens (including phenoxy) is 1. The van der Waals surface area contributed by atoms with E-state index in [0.717, 1.165) is 5.56 Å². The molecule has 0 N–H and O–H groups in total. The van der Waals surface area contributed by atoms with Crippen molar-refractivity contribution in [3.8, 4) is 5.75 Å². The van der Waals surface area contributed by atoms with Crippen molar-refractivity contribution in [3.05, 3.63) is 67.8 Å². The largest absolute Gasteiger partial charge is 0.496 e. The number of hydrogen-bond donors (Lipinski definition) is 0. The number of rotatable bonds is 2. The van der Waals surface area contributed by atoms with E-state index in [-0.39, 0.29) is 28.2 Å². The molecule has 0 bridgehead atoms. The molecule has 0 aliphatic heterocycles. The second kappa shape index (κ2) is 5.01. The summed E-state index contributed by atoms with van der Waals surface area (Å²) in [6.45, 7) is 3.54. The lowest BCUT2D eigenvalue weighted by molar-refractivity contribution is -0.385. The van der Waals surface area contributed by atoms with Crippen molar-refractivity contribution in [3.63, 3.8) is 0 Å². The number of carbonyl (C=O) groups excluding carboxylic acids is 2. The highest BCUT2D eigenvalue weighted by Gasteiger charge is 2.37. The third-order valence-electron chi connectivity index (χ3n) is 4.25. The minimum Gasteiger partial charge on any atom is -0.496 e. The van der Waals surface area contributed by atoms with Gasteiger partial charge in [-0.05, 0) is 37.1 Å². The summed E-state index contributed by atoms with van der Waals surface area (Å²) in [5, 5.41) is 11.2. The zero-order chi connectivity index (χ0) is 16.9. The molecule has 6 nitrogen and oxygen atoms in total. The van der Waals surface area contributed by atoms with Crippen LogP contribution in [0.15, 0.2) is 24.3 Å². The van der Waals surface area contributed by atoms with E-state index in [1.807, 2.05) is 0 Å². The van der Waals surface area contributed by atoms with Gasteiger partial charge in [-0.2, -0.15) is 0 Å². The van der Waals surface area contributed by atoms with Crippen LogP contribution in [0, 0.1) is 24.0 Å². The molecule has 0 atom stereocenters. The SMILES string of the molecule is COc1cc2c(c(C)c1C)C(=O)c1cccc([N+](=O)[O-])c1C2=O. The van der Waals surface area contributed by atoms with Gasteiger partial charge in [-0.1, -0.05) is 6.07 Å². The standard InChI is InChI=1S/C17H13NO5/c1-8-9(2)14-11(7-13(8)23-3)17(20)15-10(16(14)19)5-4-6-12(15)18(21)22/h4-7H,1-3H3. The van der Waals surface area contributed by atoms with Crippen LogP contribution in [0.3, 0.4) is 0 Å². The minimum atomic E-state index is -0.646. The molecule has 0 saturated heterocycles. The molecule has 23 heavy (non-hydrogen) atoms. The van der Waals surface area contributed by atoms with Gasteiger partial charge >= 0.3 is 0 Å². The van der Waals surface area contributed by atoms with E-state index in [0.29, 0.717) is 16.9 Å². The third kappa shape index (κ3) is 1.95. The van der Waals surface area contributed by atoms with E-state index in [1.165, 1.54) is 31.4 Å². The number of ketones is 2. The van der Waals surface area contributed by atoms with Gasteiger partial charge in [-0.3, -0.25) is 19.7 Å². The summed E-state index contributed by atoms with van der Waals surface area (Å²) in [7, 11) is 1.47. The van der Waals surface area contributed by atoms with Crippen molar-refractivity contribution in [1.82, 2.24) is 0 Å². The lowest BCUT2D eigenvalue weighted by Gasteiger charge is -2.21. The Morgan fingerprint density at radius 3 is 2.26 bits per heavy atom. The van der Waals surface area contributed by atoms with Crippen LogP contribution in [0.4, 0.5) is 5.69 Å². The highest BCUT2D eigenvalue weighted by molar-refractivity contribution is 6.30. The highest BCUT2D eigenvalue weighted by Crippen LogP contribution is 2.37. The number of methoxy groups -OCH3 is 1. The number of carbonyl (C=O) groups is 2. The number of nitro benzene ring substituents is 1. The van der Waals surface area contributed by atoms with Crippen LogP contribution in [0.25, 0.3) is 0 Å². The van der Waals surface area contributed by atoms with E-state index in [9.17, 15) is 19.7 Å². The molecule has 116 valence electrons. The molecule has 0 unspecified atom stereocenters. The Balaban J connectivity index is 2.39. The van der Waals surface area contributed by atoms with Crippen LogP contribution >= 0.6 is 0 Å². The van der Waals surface area contributed by atoms with E-state index >= 15 is 0 Å². The molecule has 2 aromatic carbocycles. The smallest absolute Gasteiger partial charge is 0.281 e. The van der Waals surface area contributed by atoms with Crippen LogP contribution in [-0.2, 0) is 0 Å². The van der Waals surface area contributed by atoms with Crippen molar-refractivity contribution in [2.45, 2.75) is 13.8 Å². The van der Waals surface area contributed by atoms with Crippen LogP contribution in [0.2, 0.25) is 0 Å². The van der Waals surface area contributed by atoms with Crippen molar-refractivity contribution in [1.29, 1.82) is 0 Å². The van der Waals surface area contributed by atoms with Crippen LogP contribution < -0.4 is 4.74 Å². The first-order valence-electron chi connectivity index (χ1n) is 6.93.